The Kier molecular flexibility index (Phi) is 7.59. The fraction of sp³-hybridized carbons (Fsp3) is 0.556. The summed E-state index contributed by atoms with van der Waals surface area (Å²) in [6.45, 7) is 8.65. The van der Waals surface area contributed by atoms with Crippen molar-refractivity contribution >= 4 is 11.9 Å². The van der Waals surface area contributed by atoms with Gasteiger partial charge in [0.05, 0.1) is 13.0 Å². The van der Waals surface area contributed by atoms with Crippen molar-refractivity contribution in [1.29, 1.82) is 0 Å². The normalized spacial score (nSPS) is 11.9. The molecule has 0 spiro atoms. The van der Waals surface area contributed by atoms with Gasteiger partial charge >= 0.3 is 5.97 Å². The average Bonchev–Trinajstić information content (AvgIpc) is 2.56. The molecule has 0 fully saturated rings. The van der Waals surface area contributed by atoms with Crippen LogP contribution < -0.4 is 4.74 Å². The molecule has 5 nitrogen and oxygen atoms in total. The molecule has 0 aliphatic heterocycles. The van der Waals surface area contributed by atoms with Crippen LogP contribution in [0.4, 0.5) is 0 Å². The quantitative estimate of drug-likeness (QED) is 0.691. The highest BCUT2D eigenvalue weighted by molar-refractivity contribution is 5.79. The summed E-state index contributed by atoms with van der Waals surface area (Å²) in [5.41, 5.74) is 1.17. The Morgan fingerprint density at radius 1 is 1.22 bits per heavy atom. The van der Waals surface area contributed by atoms with Crippen LogP contribution in [0.5, 0.6) is 5.75 Å². The molecule has 5 heteroatoms. The summed E-state index contributed by atoms with van der Waals surface area (Å²) in [4.78, 5) is 25.3. The minimum Gasteiger partial charge on any atom is -0.484 e. The molecule has 0 radical (unpaired) electrons. The van der Waals surface area contributed by atoms with Crippen LogP contribution >= 0.6 is 0 Å². The number of likely N-dealkylation sites (N-methyl/N-ethyl adjacent to an activating group) is 1. The van der Waals surface area contributed by atoms with E-state index in [4.69, 9.17) is 9.47 Å². The Morgan fingerprint density at radius 3 is 2.48 bits per heavy atom. The first-order chi connectivity index (χ1) is 10.9. The molecule has 1 aromatic carbocycles. The number of methoxy groups -OCH3 is 1. The maximum Gasteiger partial charge on any atom is 0.310 e. The van der Waals surface area contributed by atoms with Crippen molar-refractivity contribution in [3.63, 3.8) is 0 Å². The highest BCUT2D eigenvalue weighted by Gasteiger charge is 2.20. The zero-order chi connectivity index (χ0) is 17.4. The first-order valence-electron chi connectivity index (χ1n) is 7.97. The summed E-state index contributed by atoms with van der Waals surface area (Å²) in [5.74, 6) is 0.275. The molecule has 0 bridgehead atoms. The Hall–Kier alpha value is -2.04. The number of hydrogen-bond acceptors (Lipinski definition) is 4. The van der Waals surface area contributed by atoms with Crippen LogP contribution in [0, 0.1) is 5.92 Å². The van der Waals surface area contributed by atoms with Crippen LogP contribution in [0.2, 0.25) is 0 Å². The highest BCUT2D eigenvalue weighted by Crippen LogP contribution is 2.20. The van der Waals surface area contributed by atoms with Gasteiger partial charge in [-0.25, -0.2) is 0 Å². The maximum atomic E-state index is 12.3. The number of hydrogen-bond donors (Lipinski definition) is 0. The third-order valence-electron chi connectivity index (χ3n) is 3.72. The Balaban J connectivity index is 2.60. The van der Waals surface area contributed by atoms with Crippen molar-refractivity contribution in [3.8, 4) is 5.75 Å². The van der Waals surface area contributed by atoms with E-state index in [-0.39, 0.29) is 24.4 Å². The molecule has 0 aliphatic carbocycles. The number of nitrogens with zero attached hydrogens (tertiary/aromatic N) is 1. The molecule has 1 amide bonds. The van der Waals surface area contributed by atoms with Crippen LogP contribution in [0.1, 0.15) is 39.2 Å². The number of carbonyl (C=O) groups is 2. The largest absolute Gasteiger partial charge is 0.484 e. The minimum absolute atomic E-state index is 0.0384. The topological polar surface area (TPSA) is 55.8 Å². The molecule has 0 saturated carbocycles. The average molecular weight is 321 g/mol. The molecule has 0 aliphatic rings. The Bertz CT molecular complexity index is 528. The molecule has 0 saturated heterocycles. The summed E-state index contributed by atoms with van der Waals surface area (Å²) in [5, 5.41) is 0. The van der Waals surface area contributed by atoms with Gasteiger partial charge in [0.1, 0.15) is 5.75 Å². The predicted molar refractivity (Wildman–Crippen MR) is 89.5 cm³/mol. The second kappa shape index (κ2) is 9.18. The zero-order valence-electron chi connectivity index (χ0n) is 14.7. The molecule has 23 heavy (non-hydrogen) atoms. The van der Waals surface area contributed by atoms with E-state index in [0.717, 1.165) is 0 Å². The lowest BCUT2D eigenvalue weighted by Gasteiger charge is -2.23. The first kappa shape index (κ1) is 19.0. The number of carbonyl (C=O) groups excluding carboxylic acids is 2. The number of esters is 1. The molecular formula is C18H27NO4. The third kappa shape index (κ3) is 5.93. The summed E-state index contributed by atoms with van der Waals surface area (Å²) in [6, 6.07) is 7.75. The molecule has 0 N–H and O–H groups in total. The molecule has 1 aromatic rings. The lowest BCUT2D eigenvalue weighted by atomic mass is 10.0. The third-order valence-corrected chi connectivity index (χ3v) is 3.72. The smallest absolute Gasteiger partial charge is 0.310 e. The fourth-order valence-electron chi connectivity index (χ4n) is 2.21. The standard InChI is InChI=1S/C18H27NO4/c1-6-19(11-14(4)18(21)22-5)17(20)12-23-16-9-7-8-15(10-16)13(2)3/h7-10,13-14H,6,11-12H2,1-5H3. The van der Waals surface area contributed by atoms with Crippen molar-refractivity contribution in [2.24, 2.45) is 5.92 Å². The van der Waals surface area contributed by atoms with Gasteiger partial charge < -0.3 is 14.4 Å². The van der Waals surface area contributed by atoms with Crippen molar-refractivity contribution < 1.29 is 19.1 Å². The number of amides is 1. The Labute approximate surface area is 138 Å². The van der Waals surface area contributed by atoms with Gasteiger partial charge in [-0.2, -0.15) is 0 Å². The van der Waals surface area contributed by atoms with E-state index in [9.17, 15) is 9.59 Å². The first-order valence-corrected chi connectivity index (χ1v) is 7.97. The van der Waals surface area contributed by atoms with E-state index in [1.54, 1.807) is 11.8 Å². The molecule has 1 rings (SSSR count). The van der Waals surface area contributed by atoms with Crippen LogP contribution in [0.15, 0.2) is 24.3 Å². The van der Waals surface area contributed by atoms with E-state index >= 15 is 0 Å². The summed E-state index contributed by atoms with van der Waals surface area (Å²) >= 11 is 0. The summed E-state index contributed by atoms with van der Waals surface area (Å²) in [6.07, 6.45) is 0. The number of rotatable bonds is 8. The SMILES string of the molecule is CCN(CC(C)C(=O)OC)C(=O)COc1cccc(C(C)C)c1. The lowest BCUT2D eigenvalue weighted by molar-refractivity contribution is -0.146. The minimum atomic E-state index is -0.354. The number of ether oxygens (including phenoxy) is 2. The highest BCUT2D eigenvalue weighted by atomic mass is 16.5. The molecule has 0 aromatic heterocycles. The summed E-state index contributed by atoms with van der Waals surface area (Å²) < 4.78 is 10.3. The van der Waals surface area contributed by atoms with Crippen molar-refractivity contribution in [1.82, 2.24) is 4.90 Å². The number of benzene rings is 1. The van der Waals surface area contributed by atoms with Crippen LogP contribution in [0.25, 0.3) is 0 Å². The molecule has 128 valence electrons. The van der Waals surface area contributed by atoms with Gasteiger partial charge in [0.15, 0.2) is 6.61 Å². The van der Waals surface area contributed by atoms with Gasteiger partial charge in [-0.05, 0) is 30.5 Å². The van der Waals surface area contributed by atoms with E-state index in [1.807, 2.05) is 31.2 Å². The molecule has 1 atom stereocenters. The van der Waals surface area contributed by atoms with Gasteiger partial charge in [0.2, 0.25) is 0 Å². The van der Waals surface area contributed by atoms with E-state index in [2.05, 4.69) is 13.8 Å². The van der Waals surface area contributed by atoms with Crippen molar-refractivity contribution in [3.05, 3.63) is 29.8 Å². The molecular weight excluding hydrogens is 294 g/mol. The van der Waals surface area contributed by atoms with Gasteiger partial charge in [-0.15, -0.1) is 0 Å². The zero-order valence-corrected chi connectivity index (χ0v) is 14.7. The van der Waals surface area contributed by atoms with Gasteiger partial charge in [-0.3, -0.25) is 9.59 Å². The lowest BCUT2D eigenvalue weighted by Crippen LogP contribution is -2.39. The molecule has 0 heterocycles. The van der Waals surface area contributed by atoms with Crippen LogP contribution in [-0.2, 0) is 14.3 Å². The summed E-state index contributed by atoms with van der Waals surface area (Å²) in [7, 11) is 1.35. The maximum absolute atomic E-state index is 12.3. The molecule has 1 unspecified atom stereocenters. The van der Waals surface area contributed by atoms with Crippen LogP contribution in [-0.4, -0.2) is 43.6 Å². The van der Waals surface area contributed by atoms with Gasteiger partial charge in [0, 0.05) is 13.1 Å². The van der Waals surface area contributed by atoms with E-state index < -0.39 is 0 Å². The second-order valence-electron chi connectivity index (χ2n) is 5.87. The van der Waals surface area contributed by atoms with Gasteiger partial charge in [0.25, 0.3) is 5.91 Å². The van der Waals surface area contributed by atoms with Crippen molar-refractivity contribution in [2.45, 2.75) is 33.6 Å². The van der Waals surface area contributed by atoms with Crippen LogP contribution in [0.3, 0.4) is 0 Å². The monoisotopic (exact) mass is 321 g/mol. The fourth-order valence-corrected chi connectivity index (χ4v) is 2.21. The van der Waals surface area contributed by atoms with E-state index in [1.165, 1.54) is 12.7 Å². The predicted octanol–water partition coefficient (Wildman–Crippen LogP) is 2.85. The Morgan fingerprint density at radius 2 is 1.91 bits per heavy atom. The van der Waals surface area contributed by atoms with Crippen molar-refractivity contribution in [2.75, 3.05) is 26.8 Å². The van der Waals surface area contributed by atoms with E-state index in [0.29, 0.717) is 24.8 Å². The second-order valence-corrected chi connectivity index (χ2v) is 5.87. The van der Waals surface area contributed by atoms with Gasteiger partial charge in [-0.1, -0.05) is 32.9 Å².